The third kappa shape index (κ3) is 3.00. The van der Waals surface area contributed by atoms with E-state index in [1.165, 1.54) is 0 Å². The van der Waals surface area contributed by atoms with E-state index in [1.54, 1.807) is 16.0 Å². The molecule has 2 aromatic rings. The Hall–Kier alpha value is -1.14. The fourth-order valence-electron chi connectivity index (χ4n) is 1.67. The van der Waals surface area contributed by atoms with Crippen molar-refractivity contribution in [2.75, 3.05) is 0 Å². The van der Waals surface area contributed by atoms with Gasteiger partial charge in [-0.25, -0.2) is 0 Å². The summed E-state index contributed by atoms with van der Waals surface area (Å²) in [5, 5.41) is 9.17. The van der Waals surface area contributed by atoms with Gasteiger partial charge in [0.1, 0.15) is 5.69 Å². The lowest BCUT2D eigenvalue weighted by Gasteiger charge is -2.05. The van der Waals surface area contributed by atoms with E-state index in [1.807, 2.05) is 31.4 Å². The molecule has 0 atom stereocenters. The second kappa shape index (κ2) is 5.67. The quantitative estimate of drug-likeness (QED) is 0.938. The van der Waals surface area contributed by atoms with E-state index in [9.17, 15) is 4.79 Å². The van der Waals surface area contributed by atoms with Crippen LogP contribution in [0.2, 0.25) is 0 Å². The van der Waals surface area contributed by atoms with E-state index >= 15 is 0 Å². The zero-order valence-corrected chi connectivity index (χ0v) is 12.6. The van der Waals surface area contributed by atoms with Crippen LogP contribution in [-0.2, 0) is 13.1 Å². The van der Waals surface area contributed by atoms with Crippen LogP contribution in [0.15, 0.2) is 22.0 Å². The Kier molecular flexibility index (Phi) is 4.19. The number of carbonyl (C=O) groups is 1. The SMILES string of the molecule is CCn1nc(C)cc1C(=O)NCc1cc(Br)cs1. The highest BCUT2D eigenvalue weighted by Gasteiger charge is 2.12. The Morgan fingerprint density at radius 3 is 2.94 bits per heavy atom. The van der Waals surface area contributed by atoms with Crippen LogP contribution in [0.5, 0.6) is 0 Å². The highest BCUT2D eigenvalue weighted by atomic mass is 79.9. The van der Waals surface area contributed by atoms with Crippen molar-refractivity contribution in [3.63, 3.8) is 0 Å². The van der Waals surface area contributed by atoms with Crippen LogP contribution >= 0.6 is 27.3 Å². The van der Waals surface area contributed by atoms with E-state index in [0.717, 1.165) is 15.0 Å². The predicted octanol–water partition coefficient (Wildman–Crippen LogP) is 2.97. The monoisotopic (exact) mass is 327 g/mol. The third-order valence-electron chi connectivity index (χ3n) is 2.48. The second-order valence-electron chi connectivity index (χ2n) is 3.90. The number of amides is 1. The maximum absolute atomic E-state index is 12.0. The van der Waals surface area contributed by atoms with Crippen LogP contribution in [0.25, 0.3) is 0 Å². The summed E-state index contributed by atoms with van der Waals surface area (Å²) < 4.78 is 2.76. The topological polar surface area (TPSA) is 46.9 Å². The molecule has 1 amide bonds. The van der Waals surface area contributed by atoms with Gasteiger partial charge in [-0.15, -0.1) is 11.3 Å². The number of nitrogens with one attached hydrogen (secondary N) is 1. The molecule has 0 radical (unpaired) electrons. The number of aromatic nitrogens is 2. The fourth-order valence-corrected chi connectivity index (χ4v) is 3.06. The normalized spacial score (nSPS) is 10.6. The average Bonchev–Trinajstić information content (AvgIpc) is 2.92. The summed E-state index contributed by atoms with van der Waals surface area (Å²) >= 11 is 5.01. The maximum Gasteiger partial charge on any atom is 0.269 e. The zero-order valence-electron chi connectivity index (χ0n) is 10.2. The summed E-state index contributed by atoms with van der Waals surface area (Å²) in [6.07, 6.45) is 0. The molecule has 1 N–H and O–H groups in total. The van der Waals surface area contributed by atoms with Gasteiger partial charge in [0.2, 0.25) is 0 Å². The molecule has 2 aromatic heterocycles. The maximum atomic E-state index is 12.0. The van der Waals surface area contributed by atoms with Crippen LogP contribution in [-0.4, -0.2) is 15.7 Å². The summed E-state index contributed by atoms with van der Waals surface area (Å²) in [5.41, 5.74) is 1.48. The van der Waals surface area contributed by atoms with Crippen LogP contribution in [0.3, 0.4) is 0 Å². The van der Waals surface area contributed by atoms with Crippen molar-refractivity contribution >= 4 is 33.2 Å². The predicted molar refractivity (Wildman–Crippen MR) is 75.8 cm³/mol. The van der Waals surface area contributed by atoms with Crippen LogP contribution in [0, 0.1) is 6.92 Å². The number of thiophene rings is 1. The summed E-state index contributed by atoms with van der Waals surface area (Å²) in [7, 11) is 0. The number of aryl methyl sites for hydroxylation is 2. The molecule has 0 unspecified atom stereocenters. The molecule has 0 bridgehead atoms. The van der Waals surface area contributed by atoms with Crippen LogP contribution in [0.4, 0.5) is 0 Å². The van der Waals surface area contributed by atoms with Crippen molar-refractivity contribution in [1.82, 2.24) is 15.1 Å². The van der Waals surface area contributed by atoms with Gasteiger partial charge in [0.05, 0.1) is 12.2 Å². The van der Waals surface area contributed by atoms with E-state index in [-0.39, 0.29) is 5.91 Å². The lowest BCUT2D eigenvalue weighted by molar-refractivity contribution is 0.0940. The Morgan fingerprint density at radius 1 is 1.56 bits per heavy atom. The lowest BCUT2D eigenvalue weighted by Crippen LogP contribution is -2.25. The minimum atomic E-state index is -0.0815. The standard InChI is InChI=1S/C12H14BrN3OS/c1-3-16-11(4-8(2)15-16)12(17)14-6-10-5-9(13)7-18-10/h4-5,7H,3,6H2,1-2H3,(H,14,17). The first-order valence-electron chi connectivity index (χ1n) is 5.65. The van der Waals surface area contributed by atoms with E-state index in [2.05, 4.69) is 26.3 Å². The number of nitrogens with zero attached hydrogens (tertiary/aromatic N) is 2. The molecule has 2 heterocycles. The smallest absolute Gasteiger partial charge is 0.269 e. The number of hydrogen-bond acceptors (Lipinski definition) is 3. The first-order chi connectivity index (χ1) is 8.60. The van der Waals surface area contributed by atoms with Crippen molar-refractivity contribution in [2.24, 2.45) is 0 Å². The molecule has 96 valence electrons. The van der Waals surface area contributed by atoms with Crippen LogP contribution < -0.4 is 5.32 Å². The van der Waals surface area contributed by atoms with Crippen molar-refractivity contribution in [3.8, 4) is 0 Å². The lowest BCUT2D eigenvalue weighted by atomic mass is 10.3. The molecule has 0 aliphatic carbocycles. The summed E-state index contributed by atoms with van der Waals surface area (Å²) in [6, 6.07) is 3.82. The second-order valence-corrected chi connectivity index (χ2v) is 5.81. The number of hydrogen-bond donors (Lipinski definition) is 1. The molecule has 6 heteroatoms. The van der Waals surface area contributed by atoms with Gasteiger partial charge in [-0.05, 0) is 41.9 Å². The highest BCUT2D eigenvalue weighted by molar-refractivity contribution is 9.10. The van der Waals surface area contributed by atoms with Crippen molar-refractivity contribution in [2.45, 2.75) is 26.9 Å². The van der Waals surface area contributed by atoms with E-state index in [0.29, 0.717) is 18.8 Å². The molecule has 18 heavy (non-hydrogen) atoms. The van der Waals surface area contributed by atoms with Crippen molar-refractivity contribution in [3.05, 3.63) is 38.3 Å². The van der Waals surface area contributed by atoms with Gasteiger partial charge < -0.3 is 5.32 Å². The van der Waals surface area contributed by atoms with Crippen molar-refractivity contribution < 1.29 is 4.79 Å². The van der Waals surface area contributed by atoms with Gasteiger partial charge in [0.25, 0.3) is 5.91 Å². The molecule has 0 saturated carbocycles. The van der Waals surface area contributed by atoms with Gasteiger partial charge in [-0.1, -0.05) is 0 Å². The first-order valence-corrected chi connectivity index (χ1v) is 7.33. The molecule has 4 nitrogen and oxygen atoms in total. The van der Waals surface area contributed by atoms with E-state index in [4.69, 9.17) is 0 Å². The molecule has 0 aliphatic rings. The highest BCUT2D eigenvalue weighted by Crippen LogP contribution is 2.19. The van der Waals surface area contributed by atoms with Gasteiger partial charge >= 0.3 is 0 Å². The van der Waals surface area contributed by atoms with Crippen molar-refractivity contribution in [1.29, 1.82) is 0 Å². The van der Waals surface area contributed by atoms with Crippen LogP contribution in [0.1, 0.15) is 28.0 Å². The third-order valence-corrected chi connectivity index (χ3v) is 4.18. The minimum Gasteiger partial charge on any atom is -0.346 e. The molecule has 0 aliphatic heterocycles. The first kappa shape index (κ1) is 13.3. The Balaban J connectivity index is 2.03. The largest absolute Gasteiger partial charge is 0.346 e. The zero-order chi connectivity index (χ0) is 13.1. The molecule has 0 spiro atoms. The minimum absolute atomic E-state index is 0.0815. The Bertz CT molecular complexity index is 561. The van der Waals surface area contributed by atoms with Gasteiger partial charge in [0.15, 0.2) is 0 Å². The number of carbonyl (C=O) groups excluding carboxylic acids is 1. The molecule has 0 fully saturated rings. The molecule has 0 aromatic carbocycles. The summed E-state index contributed by atoms with van der Waals surface area (Å²) in [6.45, 7) is 5.10. The van der Waals surface area contributed by atoms with Gasteiger partial charge in [-0.3, -0.25) is 9.48 Å². The fraction of sp³-hybridized carbons (Fsp3) is 0.333. The Morgan fingerprint density at radius 2 is 2.33 bits per heavy atom. The number of rotatable bonds is 4. The van der Waals surface area contributed by atoms with Gasteiger partial charge in [0, 0.05) is 21.3 Å². The number of halogens is 1. The summed E-state index contributed by atoms with van der Waals surface area (Å²) in [4.78, 5) is 13.2. The van der Waals surface area contributed by atoms with Gasteiger partial charge in [-0.2, -0.15) is 5.10 Å². The molecule has 0 saturated heterocycles. The molecular formula is C12H14BrN3OS. The summed E-state index contributed by atoms with van der Waals surface area (Å²) in [5.74, 6) is -0.0815. The molecular weight excluding hydrogens is 314 g/mol. The Labute approximate surface area is 118 Å². The average molecular weight is 328 g/mol. The van der Waals surface area contributed by atoms with E-state index < -0.39 is 0 Å². The molecule has 2 rings (SSSR count).